The van der Waals surface area contributed by atoms with Gasteiger partial charge in [0.15, 0.2) is 34.7 Å². The highest BCUT2D eigenvalue weighted by Gasteiger charge is 2.50. The Morgan fingerprint density at radius 3 is 0.632 bits per heavy atom. The van der Waals surface area contributed by atoms with E-state index in [4.69, 9.17) is 0 Å². The Bertz CT molecular complexity index is 6880. The molecule has 24 rings (SSSR count). The molecule has 6 heterocycles. The average molecular weight is 1920 g/mol. The standard InChI is InChI=1S/6C21H24N2O/c1-12-5-7-14(8-6-12)20-18-13(2)22-23-16(18)9-15-10-21(3,4)11-17(24)19(15)20;1-12-6-5-7-14(8-12)20-18-13(2)22-23-16(18)9-15-10-21(3,4)11-17(24)19(15)20;4*1-12-7-5-6-8-15(12)20-18-13(2)22-23-16(18)9-14-10-21(3,4)11-17(24)19(14)20/h6*5-8,20H,9-11H2,1-4H3,(H,22,23)/t;;2*20-;;/m..10../s1. The summed E-state index contributed by atoms with van der Waals surface area (Å²) < 4.78 is 0. The minimum atomic E-state index is 0.0333. The summed E-state index contributed by atoms with van der Waals surface area (Å²) in [6.45, 7) is 51.5. The number of carbonyl (C=O) groups excluding carboxylic acids is 6. The molecule has 6 aromatic carbocycles. The number of H-pyrrole nitrogens is 6. The molecule has 0 spiro atoms. The lowest BCUT2D eigenvalue weighted by atomic mass is 9.64. The molecule has 0 saturated carbocycles. The summed E-state index contributed by atoms with van der Waals surface area (Å²) in [5, 5.41) is 46.2. The van der Waals surface area contributed by atoms with Gasteiger partial charge in [0, 0.05) is 214 Å². The average Bonchev–Trinajstić information content (AvgIpc) is 1.52. The molecule has 0 aliphatic heterocycles. The summed E-state index contributed by atoms with van der Waals surface area (Å²) in [6.07, 6.45) is 14.6. The molecule has 18 heteroatoms. The van der Waals surface area contributed by atoms with Crippen molar-refractivity contribution in [1.82, 2.24) is 61.2 Å². The van der Waals surface area contributed by atoms with Gasteiger partial charge in [0.2, 0.25) is 0 Å². The van der Waals surface area contributed by atoms with E-state index >= 15 is 0 Å². The Hall–Kier alpha value is -13.0. The SMILES string of the molecule is Cc1ccc(C2C3=C(Cc4n[nH]c(C)c42)CC(C)(C)CC3=O)cc1.Cc1cccc(C2C3=C(Cc4n[nH]c(C)c42)CC(C)(C)CC3=O)c1.Cc1ccccc1C1C2=C(Cc3n[nH]c(C)c31)CC(C)(C)CC2=O.Cc1ccccc1C1C2=C(Cc3n[nH]c(C)c31)CC(C)(C)CC2=O.Cc1ccccc1[C@@H]1C2=C(Cc3n[nH]c(C)c31)CC(C)(C)CC2=O.Cc1ccccc1[C@H]1C2=C(Cc3n[nH]c(C)c31)CC(C)(C)CC2=O. The molecule has 144 heavy (non-hydrogen) atoms. The number of aryl methyl sites for hydroxylation is 12. The first-order chi connectivity index (χ1) is 68.2. The van der Waals surface area contributed by atoms with Crippen molar-refractivity contribution < 1.29 is 28.8 Å². The number of hydrogen-bond acceptors (Lipinski definition) is 12. The lowest BCUT2D eigenvalue weighted by molar-refractivity contribution is -0.119. The number of aromatic nitrogens is 12. The number of rotatable bonds is 6. The number of Topliss-reactive ketones (excluding diaryl/α,β-unsaturated/α-hetero) is 6. The van der Waals surface area contributed by atoms with Crippen LogP contribution < -0.4 is 0 Å². The Morgan fingerprint density at radius 1 is 0.215 bits per heavy atom. The largest absolute Gasteiger partial charge is 0.294 e. The molecule has 0 fully saturated rings. The van der Waals surface area contributed by atoms with E-state index < -0.39 is 0 Å². The lowest BCUT2D eigenvalue weighted by Crippen LogP contribution is -2.32. The maximum Gasteiger partial charge on any atom is 0.160 e. The van der Waals surface area contributed by atoms with E-state index in [1.165, 1.54) is 134 Å². The first-order valence-electron chi connectivity index (χ1n) is 52.3. The third kappa shape index (κ3) is 19.1. The van der Waals surface area contributed by atoms with Crippen LogP contribution in [0.3, 0.4) is 0 Å². The smallest absolute Gasteiger partial charge is 0.160 e. The van der Waals surface area contributed by atoms with Crippen LogP contribution in [0.4, 0.5) is 0 Å². The molecule has 744 valence electrons. The number of ketones is 6. The molecule has 6 N–H and O–H groups in total. The maximum atomic E-state index is 13.1. The molecule has 0 radical (unpaired) electrons. The Morgan fingerprint density at radius 2 is 0.417 bits per heavy atom. The fraction of sp³-hybridized carbons (Fsp3) is 0.429. The first kappa shape index (κ1) is 99.8. The molecule has 6 aromatic heterocycles. The van der Waals surface area contributed by atoms with Gasteiger partial charge in [-0.1, -0.05) is 273 Å². The predicted octanol–water partition coefficient (Wildman–Crippen LogP) is 26.4. The van der Waals surface area contributed by atoms with Crippen LogP contribution in [0.15, 0.2) is 212 Å². The van der Waals surface area contributed by atoms with Crippen molar-refractivity contribution in [2.75, 3.05) is 0 Å². The van der Waals surface area contributed by atoms with Gasteiger partial charge in [-0.15, -0.1) is 0 Å². The summed E-state index contributed by atoms with van der Waals surface area (Å²) in [6, 6.07) is 50.9. The van der Waals surface area contributed by atoms with Gasteiger partial charge in [0.25, 0.3) is 0 Å². The van der Waals surface area contributed by atoms with Crippen molar-refractivity contribution in [3.63, 3.8) is 0 Å². The van der Waals surface area contributed by atoms with Crippen molar-refractivity contribution in [3.05, 3.63) is 381 Å². The zero-order chi connectivity index (χ0) is 102. The van der Waals surface area contributed by atoms with E-state index in [0.29, 0.717) is 73.2 Å². The third-order valence-electron chi connectivity index (χ3n) is 33.0. The third-order valence-corrected chi connectivity index (χ3v) is 33.0. The normalized spacial score (nSPS) is 22.3. The zero-order valence-corrected chi connectivity index (χ0v) is 89.2. The number of nitrogens with one attached hydrogen (secondary N) is 6. The van der Waals surface area contributed by atoms with Crippen molar-refractivity contribution in [3.8, 4) is 0 Å². The minimum absolute atomic E-state index is 0.0333. The number of allylic oxidation sites excluding steroid dienone is 12. The molecule has 0 amide bonds. The van der Waals surface area contributed by atoms with E-state index in [1.54, 1.807) is 0 Å². The van der Waals surface area contributed by atoms with Gasteiger partial charge >= 0.3 is 0 Å². The van der Waals surface area contributed by atoms with Gasteiger partial charge in [-0.25, -0.2) is 0 Å². The Balaban J connectivity index is 0.000000109. The van der Waals surface area contributed by atoms with E-state index in [0.717, 1.165) is 179 Å². The van der Waals surface area contributed by atoms with Crippen molar-refractivity contribution in [2.24, 2.45) is 32.5 Å². The van der Waals surface area contributed by atoms with Crippen LogP contribution in [0.2, 0.25) is 0 Å². The van der Waals surface area contributed by atoms with Gasteiger partial charge in [0.1, 0.15) is 0 Å². The second-order valence-electron chi connectivity index (χ2n) is 48.9. The van der Waals surface area contributed by atoms with Crippen molar-refractivity contribution in [2.45, 2.75) is 317 Å². The molecular weight excluding hydrogens is 1780 g/mol. The molecule has 18 nitrogen and oxygen atoms in total. The van der Waals surface area contributed by atoms with Crippen LogP contribution in [-0.2, 0) is 67.3 Å². The van der Waals surface area contributed by atoms with Crippen LogP contribution in [0.25, 0.3) is 0 Å². The van der Waals surface area contributed by atoms with Crippen LogP contribution in [0, 0.1) is 116 Å². The van der Waals surface area contributed by atoms with E-state index in [-0.39, 0.29) is 68.0 Å². The molecule has 6 atom stereocenters. The lowest BCUT2D eigenvalue weighted by Gasteiger charge is -2.38. The monoisotopic (exact) mass is 1920 g/mol. The quantitative estimate of drug-likeness (QED) is 0.0907. The van der Waals surface area contributed by atoms with Gasteiger partial charge in [-0.05, 0) is 210 Å². The zero-order valence-electron chi connectivity index (χ0n) is 89.2. The van der Waals surface area contributed by atoms with E-state index in [9.17, 15) is 28.8 Å². The second kappa shape index (κ2) is 37.9. The molecule has 4 unspecified atom stereocenters. The number of aromatic amines is 6. The summed E-state index contributed by atoms with van der Waals surface area (Å²) in [7, 11) is 0. The number of carbonyl (C=O) groups is 6. The molecule has 12 aromatic rings. The number of hydrogen-bond donors (Lipinski definition) is 6. The van der Waals surface area contributed by atoms with Crippen LogP contribution in [0.1, 0.15) is 364 Å². The van der Waals surface area contributed by atoms with E-state index in [1.807, 2.05) is 0 Å². The highest BCUT2D eigenvalue weighted by Crippen LogP contribution is 2.58. The summed E-state index contributed by atoms with van der Waals surface area (Å²) in [4.78, 5) is 78.5. The highest BCUT2D eigenvalue weighted by atomic mass is 16.1. The Kier molecular flexibility index (Phi) is 26.3. The topological polar surface area (TPSA) is 274 Å². The molecule has 0 bridgehead atoms. The molecule has 12 aliphatic rings. The number of nitrogens with zero attached hydrogens (tertiary/aromatic N) is 6. The molecule has 12 aliphatic carbocycles. The highest BCUT2D eigenvalue weighted by molar-refractivity contribution is 6.05. The molecule has 0 saturated heterocycles. The summed E-state index contributed by atoms with van der Waals surface area (Å²) in [5.41, 5.74) is 49.6. The van der Waals surface area contributed by atoms with Gasteiger partial charge in [0.05, 0.1) is 34.2 Å². The van der Waals surface area contributed by atoms with Gasteiger partial charge in [-0.2, -0.15) is 30.6 Å². The van der Waals surface area contributed by atoms with Crippen molar-refractivity contribution in [1.29, 1.82) is 0 Å². The number of fused-ring (bicyclic) bond motifs is 6. The predicted molar refractivity (Wildman–Crippen MR) is 571 cm³/mol. The summed E-state index contributed by atoms with van der Waals surface area (Å²) >= 11 is 0. The van der Waals surface area contributed by atoms with Crippen molar-refractivity contribution >= 4 is 34.7 Å². The van der Waals surface area contributed by atoms with Crippen LogP contribution in [0.5, 0.6) is 0 Å². The number of benzene rings is 6. The van der Waals surface area contributed by atoms with Gasteiger partial charge < -0.3 is 0 Å². The van der Waals surface area contributed by atoms with Crippen LogP contribution in [-0.4, -0.2) is 95.9 Å². The molecular formula is C126H144N12O6. The fourth-order valence-corrected chi connectivity index (χ4v) is 27.2. The fourth-order valence-electron chi connectivity index (χ4n) is 27.2. The summed E-state index contributed by atoms with van der Waals surface area (Å²) in [5.74, 6) is 2.12. The second-order valence-corrected chi connectivity index (χ2v) is 48.9. The first-order valence-corrected chi connectivity index (χ1v) is 52.3. The van der Waals surface area contributed by atoms with Gasteiger partial charge in [-0.3, -0.25) is 59.4 Å². The van der Waals surface area contributed by atoms with Crippen LogP contribution >= 0.6 is 0 Å². The Labute approximate surface area is 850 Å². The maximum absolute atomic E-state index is 13.1. The van der Waals surface area contributed by atoms with E-state index in [2.05, 4.69) is 373 Å². The minimum Gasteiger partial charge on any atom is -0.294 e.